The third-order valence-corrected chi connectivity index (χ3v) is 4.11. The van der Waals surface area contributed by atoms with Gasteiger partial charge in [0, 0.05) is 16.6 Å². The number of benzene rings is 3. The van der Waals surface area contributed by atoms with Gasteiger partial charge in [0.2, 0.25) is 0 Å². The molecule has 0 aromatic heterocycles. The summed E-state index contributed by atoms with van der Waals surface area (Å²) in [6, 6.07) is 18.7. The predicted octanol–water partition coefficient (Wildman–Crippen LogP) is 3.98. The summed E-state index contributed by atoms with van der Waals surface area (Å²) in [6.45, 7) is 0. The van der Waals surface area contributed by atoms with E-state index in [2.05, 4.69) is 10.6 Å². The molecule has 3 rings (SSSR count). The minimum absolute atomic E-state index is 0.223. The molecule has 26 heavy (non-hydrogen) atoms. The zero-order chi connectivity index (χ0) is 18.5. The Bertz CT molecular complexity index is 967. The van der Waals surface area contributed by atoms with Crippen molar-refractivity contribution in [1.29, 1.82) is 0 Å². The van der Waals surface area contributed by atoms with Crippen LogP contribution in [0.15, 0.2) is 60.7 Å². The lowest BCUT2D eigenvalue weighted by Crippen LogP contribution is -2.34. The van der Waals surface area contributed by atoms with Crippen molar-refractivity contribution in [2.45, 2.75) is 0 Å². The standard InChI is InChI=1S/C20H18N2O3S/c1-24-17-11-10-14(12-18(17)25-2)19(23)22-20(26)21-16-9-5-7-13-6-3-4-8-15(13)16/h3-12H,1-2H3,(H2,21,22,23,26). The summed E-state index contributed by atoms with van der Waals surface area (Å²) in [6.07, 6.45) is 0. The predicted molar refractivity (Wildman–Crippen MR) is 107 cm³/mol. The van der Waals surface area contributed by atoms with Crippen molar-refractivity contribution in [3.05, 3.63) is 66.2 Å². The molecule has 3 aromatic rings. The molecule has 5 nitrogen and oxygen atoms in total. The Morgan fingerprint density at radius 1 is 0.923 bits per heavy atom. The van der Waals surface area contributed by atoms with Crippen LogP contribution in [0.5, 0.6) is 11.5 Å². The maximum Gasteiger partial charge on any atom is 0.257 e. The highest BCUT2D eigenvalue weighted by Gasteiger charge is 2.12. The van der Waals surface area contributed by atoms with E-state index in [1.807, 2.05) is 42.5 Å². The first-order valence-corrected chi connectivity index (χ1v) is 8.35. The van der Waals surface area contributed by atoms with Gasteiger partial charge in [-0.25, -0.2) is 0 Å². The van der Waals surface area contributed by atoms with E-state index in [9.17, 15) is 4.79 Å². The molecule has 0 atom stereocenters. The summed E-state index contributed by atoms with van der Waals surface area (Å²) in [4.78, 5) is 12.4. The Kier molecular flexibility index (Phi) is 5.34. The van der Waals surface area contributed by atoms with Crippen LogP contribution in [0.25, 0.3) is 10.8 Å². The van der Waals surface area contributed by atoms with Gasteiger partial charge in [0.25, 0.3) is 5.91 Å². The minimum Gasteiger partial charge on any atom is -0.493 e. The van der Waals surface area contributed by atoms with Crippen LogP contribution >= 0.6 is 12.2 Å². The Balaban J connectivity index is 1.74. The summed E-state index contributed by atoms with van der Waals surface area (Å²) < 4.78 is 10.4. The van der Waals surface area contributed by atoms with Gasteiger partial charge in [0.15, 0.2) is 16.6 Å². The van der Waals surface area contributed by atoms with Crippen LogP contribution in [0.2, 0.25) is 0 Å². The molecule has 1 amide bonds. The Morgan fingerprint density at radius 2 is 1.65 bits per heavy atom. The number of ether oxygens (including phenoxy) is 2. The Hall–Kier alpha value is -3.12. The largest absolute Gasteiger partial charge is 0.493 e. The molecule has 0 heterocycles. The van der Waals surface area contributed by atoms with E-state index < -0.39 is 0 Å². The quantitative estimate of drug-likeness (QED) is 0.684. The number of amides is 1. The number of hydrogen-bond acceptors (Lipinski definition) is 4. The average Bonchev–Trinajstić information content (AvgIpc) is 2.67. The molecule has 0 saturated carbocycles. The molecule has 2 N–H and O–H groups in total. The van der Waals surface area contributed by atoms with Gasteiger partial charge >= 0.3 is 0 Å². The van der Waals surface area contributed by atoms with Crippen molar-refractivity contribution in [2.75, 3.05) is 19.5 Å². The van der Waals surface area contributed by atoms with Gasteiger partial charge < -0.3 is 14.8 Å². The number of anilines is 1. The van der Waals surface area contributed by atoms with E-state index in [0.717, 1.165) is 16.5 Å². The SMILES string of the molecule is COc1ccc(C(=O)NC(=S)Nc2cccc3ccccc23)cc1OC. The van der Waals surface area contributed by atoms with Gasteiger partial charge in [-0.05, 0) is 41.9 Å². The van der Waals surface area contributed by atoms with Crippen molar-refractivity contribution < 1.29 is 14.3 Å². The summed E-state index contributed by atoms with van der Waals surface area (Å²) in [5, 5.41) is 8.10. The number of rotatable bonds is 4. The van der Waals surface area contributed by atoms with Crippen molar-refractivity contribution >= 4 is 39.7 Å². The first kappa shape index (κ1) is 17.7. The molecule has 0 saturated heterocycles. The first-order valence-electron chi connectivity index (χ1n) is 7.94. The van der Waals surface area contributed by atoms with Crippen LogP contribution in [0.3, 0.4) is 0 Å². The molecule has 0 unspecified atom stereocenters. The number of carbonyl (C=O) groups excluding carboxylic acids is 1. The lowest BCUT2D eigenvalue weighted by Gasteiger charge is -2.13. The highest BCUT2D eigenvalue weighted by molar-refractivity contribution is 7.80. The fourth-order valence-electron chi connectivity index (χ4n) is 2.64. The Morgan fingerprint density at radius 3 is 2.42 bits per heavy atom. The van der Waals surface area contributed by atoms with Gasteiger partial charge in [-0.1, -0.05) is 36.4 Å². The second kappa shape index (κ2) is 7.84. The van der Waals surface area contributed by atoms with E-state index in [1.165, 1.54) is 7.11 Å². The number of hydrogen-bond donors (Lipinski definition) is 2. The van der Waals surface area contributed by atoms with Crippen LogP contribution < -0.4 is 20.1 Å². The topological polar surface area (TPSA) is 59.6 Å². The number of fused-ring (bicyclic) bond motifs is 1. The molecule has 6 heteroatoms. The number of carbonyl (C=O) groups is 1. The van der Waals surface area contributed by atoms with Crippen molar-refractivity contribution in [3.63, 3.8) is 0 Å². The van der Waals surface area contributed by atoms with Gasteiger partial charge in [-0.2, -0.15) is 0 Å². The molecule has 0 spiro atoms. The molecular formula is C20H18N2O3S. The van der Waals surface area contributed by atoms with Crippen LogP contribution in [-0.2, 0) is 0 Å². The highest BCUT2D eigenvalue weighted by atomic mass is 32.1. The minimum atomic E-state index is -0.330. The Labute approximate surface area is 156 Å². The first-order chi connectivity index (χ1) is 12.6. The fourth-order valence-corrected chi connectivity index (χ4v) is 2.84. The second-order valence-electron chi connectivity index (χ2n) is 5.50. The molecule has 0 radical (unpaired) electrons. The van der Waals surface area contributed by atoms with Crippen molar-refractivity contribution in [2.24, 2.45) is 0 Å². The molecule has 132 valence electrons. The van der Waals surface area contributed by atoms with Gasteiger partial charge in [-0.3, -0.25) is 10.1 Å². The van der Waals surface area contributed by atoms with Crippen LogP contribution in [-0.4, -0.2) is 25.2 Å². The van der Waals surface area contributed by atoms with Gasteiger partial charge in [0.1, 0.15) is 0 Å². The molecule has 0 aliphatic carbocycles. The summed E-state index contributed by atoms with van der Waals surface area (Å²) in [7, 11) is 3.06. The molecule has 0 aliphatic heterocycles. The van der Waals surface area contributed by atoms with E-state index >= 15 is 0 Å². The molecule has 0 bridgehead atoms. The van der Waals surface area contributed by atoms with Crippen LogP contribution in [0.1, 0.15) is 10.4 Å². The van der Waals surface area contributed by atoms with E-state index in [4.69, 9.17) is 21.7 Å². The highest BCUT2D eigenvalue weighted by Crippen LogP contribution is 2.27. The normalized spacial score (nSPS) is 10.2. The lowest BCUT2D eigenvalue weighted by molar-refractivity contribution is 0.0977. The van der Waals surface area contributed by atoms with Crippen LogP contribution in [0, 0.1) is 0 Å². The van der Waals surface area contributed by atoms with E-state index in [1.54, 1.807) is 25.3 Å². The van der Waals surface area contributed by atoms with Crippen molar-refractivity contribution in [1.82, 2.24) is 5.32 Å². The van der Waals surface area contributed by atoms with Gasteiger partial charge in [-0.15, -0.1) is 0 Å². The zero-order valence-electron chi connectivity index (χ0n) is 14.4. The maximum absolute atomic E-state index is 12.4. The maximum atomic E-state index is 12.4. The third kappa shape index (κ3) is 3.75. The number of methoxy groups -OCH3 is 2. The number of thiocarbonyl (C=S) groups is 1. The summed E-state index contributed by atoms with van der Waals surface area (Å²) >= 11 is 5.29. The molecule has 3 aromatic carbocycles. The van der Waals surface area contributed by atoms with E-state index in [-0.39, 0.29) is 11.0 Å². The zero-order valence-corrected chi connectivity index (χ0v) is 15.2. The third-order valence-electron chi connectivity index (χ3n) is 3.91. The van der Waals surface area contributed by atoms with Crippen molar-refractivity contribution in [3.8, 4) is 11.5 Å². The average molecular weight is 366 g/mol. The molecule has 0 aliphatic rings. The smallest absolute Gasteiger partial charge is 0.257 e. The lowest BCUT2D eigenvalue weighted by atomic mass is 10.1. The number of nitrogens with one attached hydrogen (secondary N) is 2. The van der Waals surface area contributed by atoms with Gasteiger partial charge in [0.05, 0.1) is 14.2 Å². The molecule has 0 fully saturated rings. The monoisotopic (exact) mass is 366 g/mol. The molecular weight excluding hydrogens is 348 g/mol. The summed E-state index contributed by atoms with van der Waals surface area (Å²) in [5.41, 5.74) is 1.26. The fraction of sp³-hybridized carbons (Fsp3) is 0.100. The van der Waals surface area contributed by atoms with E-state index in [0.29, 0.717) is 17.1 Å². The van der Waals surface area contributed by atoms with Crippen LogP contribution in [0.4, 0.5) is 5.69 Å². The second-order valence-corrected chi connectivity index (χ2v) is 5.91. The summed E-state index contributed by atoms with van der Waals surface area (Å²) in [5.74, 6) is 0.706.